The van der Waals surface area contributed by atoms with Crippen molar-refractivity contribution in [2.75, 3.05) is 23.8 Å². The van der Waals surface area contributed by atoms with Gasteiger partial charge in [-0.05, 0) is 50.6 Å². The summed E-state index contributed by atoms with van der Waals surface area (Å²) < 4.78 is 19.3. The molecular weight excluding hydrogens is 445 g/mol. The van der Waals surface area contributed by atoms with Gasteiger partial charge in [0.05, 0.1) is 34.1 Å². The number of nitrogens with one attached hydrogen (secondary N) is 2. The minimum atomic E-state index is -0.542. The Morgan fingerprint density at radius 1 is 1.27 bits per heavy atom. The molecule has 0 saturated carbocycles. The van der Waals surface area contributed by atoms with Gasteiger partial charge in [-0.3, -0.25) is 9.78 Å². The van der Waals surface area contributed by atoms with Gasteiger partial charge in [0.1, 0.15) is 17.6 Å². The highest BCUT2D eigenvalue weighted by Crippen LogP contribution is 2.36. The molecular formula is C24H25ClFN5O2. The average Bonchev–Trinajstić information content (AvgIpc) is 2.80. The number of halogens is 2. The zero-order valence-electron chi connectivity index (χ0n) is 18.3. The Balaban J connectivity index is 2.01. The molecule has 3 aromatic rings. The first-order valence-corrected chi connectivity index (χ1v) is 11.1. The smallest absolute Gasteiger partial charge is 0.224 e. The van der Waals surface area contributed by atoms with Crippen LogP contribution in [0.4, 0.5) is 21.5 Å². The number of hydrogen-bond acceptors (Lipinski definition) is 6. The number of carbonyl (C=O) groups is 1. The van der Waals surface area contributed by atoms with Crippen LogP contribution in [0.2, 0.25) is 5.02 Å². The van der Waals surface area contributed by atoms with Gasteiger partial charge < -0.3 is 21.1 Å². The fraction of sp³-hybridized carbons (Fsp3) is 0.292. The van der Waals surface area contributed by atoms with E-state index in [2.05, 4.69) is 21.7 Å². The Morgan fingerprint density at radius 2 is 2.09 bits per heavy atom. The molecule has 0 bridgehead atoms. The van der Waals surface area contributed by atoms with Crippen molar-refractivity contribution in [1.29, 1.82) is 5.26 Å². The van der Waals surface area contributed by atoms with Crippen LogP contribution in [-0.4, -0.2) is 24.0 Å². The molecule has 4 N–H and O–H groups in total. The number of fused-ring (bicyclic) bond motifs is 1. The number of aromatic nitrogens is 1. The van der Waals surface area contributed by atoms with E-state index in [4.69, 9.17) is 22.1 Å². The summed E-state index contributed by atoms with van der Waals surface area (Å²) in [5.74, 6) is -0.204. The van der Waals surface area contributed by atoms with E-state index in [1.54, 1.807) is 12.1 Å². The highest BCUT2D eigenvalue weighted by molar-refractivity contribution is 6.31. The van der Waals surface area contributed by atoms with E-state index in [9.17, 15) is 14.4 Å². The lowest BCUT2D eigenvalue weighted by molar-refractivity contribution is -0.116. The first-order chi connectivity index (χ1) is 16.0. The van der Waals surface area contributed by atoms with Gasteiger partial charge in [-0.2, -0.15) is 5.26 Å². The molecule has 0 radical (unpaired) electrons. The van der Waals surface area contributed by atoms with Crippen molar-refractivity contribution in [3.05, 3.63) is 52.9 Å². The van der Waals surface area contributed by atoms with Crippen LogP contribution in [-0.2, 0) is 4.79 Å². The SMILES string of the molecule is CCOc1cc2ncc(C#N)c(Nc3ccc(F)c(Cl)c3)c2cc1NC(=O)CCCCCN. The summed E-state index contributed by atoms with van der Waals surface area (Å²) in [5, 5.41) is 16.2. The minimum absolute atomic E-state index is 0.0434. The first kappa shape index (κ1) is 24.2. The van der Waals surface area contributed by atoms with Gasteiger partial charge in [0, 0.05) is 29.8 Å². The average molecular weight is 470 g/mol. The van der Waals surface area contributed by atoms with Gasteiger partial charge in [0.15, 0.2) is 0 Å². The van der Waals surface area contributed by atoms with Crippen molar-refractivity contribution in [3.8, 4) is 11.8 Å². The van der Waals surface area contributed by atoms with Crippen LogP contribution in [0.25, 0.3) is 10.9 Å². The molecule has 2 aromatic carbocycles. The molecule has 0 aliphatic heterocycles. The monoisotopic (exact) mass is 469 g/mol. The molecule has 0 unspecified atom stereocenters. The lowest BCUT2D eigenvalue weighted by Crippen LogP contribution is -2.13. The number of ether oxygens (including phenoxy) is 1. The molecule has 172 valence electrons. The molecule has 0 aliphatic carbocycles. The molecule has 3 rings (SSSR count). The second-order valence-electron chi connectivity index (χ2n) is 7.36. The van der Waals surface area contributed by atoms with Gasteiger partial charge in [-0.25, -0.2) is 4.39 Å². The molecule has 9 heteroatoms. The first-order valence-electron chi connectivity index (χ1n) is 10.7. The molecule has 0 atom stereocenters. The Kier molecular flexibility index (Phi) is 8.41. The second kappa shape index (κ2) is 11.5. The molecule has 0 aliphatic rings. The fourth-order valence-electron chi connectivity index (χ4n) is 3.35. The summed E-state index contributed by atoms with van der Waals surface area (Å²) in [7, 11) is 0. The standard InChI is InChI=1S/C24H25ClFN5O2/c1-2-33-22-12-20-17(11-21(22)31-23(32)6-4-3-5-9-27)24(15(13-28)14-29-20)30-16-7-8-19(26)18(25)10-16/h7-8,10-12,14H,2-6,9,27H2,1H3,(H,29,30)(H,31,32). The molecule has 0 saturated heterocycles. The van der Waals surface area contributed by atoms with Crippen LogP contribution in [0.15, 0.2) is 36.5 Å². The lowest BCUT2D eigenvalue weighted by Gasteiger charge is -2.16. The van der Waals surface area contributed by atoms with Gasteiger partial charge in [0.2, 0.25) is 5.91 Å². The van der Waals surface area contributed by atoms with E-state index >= 15 is 0 Å². The number of rotatable bonds is 10. The van der Waals surface area contributed by atoms with Crippen LogP contribution in [0.1, 0.15) is 38.2 Å². The number of anilines is 3. The Labute approximate surface area is 196 Å². The van der Waals surface area contributed by atoms with Gasteiger partial charge in [-0.15, -0.1) is 0 Å². The van der Waals surface area contributed by atoms with Crippen LogP contribution >= 0.6 is 11.6 Å². The normalized spacial score (nSPS) is 10.6. The third kappa shape index (κ3) is 6.09. The number of nitrogens with two attached hydrogens (primary N) is 1. The Morgan fingerprint density at radius 3 is 2.79 bits per heavy atom. The molecule has 0 spiro atoms. The quantitative estimate of drug-likeness (QED) is 0.338. The van der Waals surface area contributed by atoms with E-state index in [-0.39, 0.29) is 16.5 Å². The van der Waals surface area contributed by atoms with Crippen molar-refractivity contribution >= 4 is 45.5 Å². The Bertz CT molecular complexity index is 1200. The van der Waals surface area contributed by atoms with Crippen LogP contribution in [0, 0.1) is 17.1 Å². The second-order valence-corrected chi connectivity index (χ2v) is 7.77. The predicted octanol–water partition coefficient (Wildman–Crippen LogP) is 5.50. The van der Waals surface area contributed by atoms with E-state index < -0.39 is 5.82 Å². The Hall–Kier alpha value is -3.41. The third-order valence-electron chi connectivity index (χ3n) is 4.96. The molecule has 1 heterocycles. The zero-order chi connectivity index (χ0) is 23.8. The predicted molar refractivity (Wildman–Crippen MR) is 128 cm³/mol. The van der Waals surface area contributed by atoms with E-state index in [0.717, 1.165) is 19.3 Å². The maximum absolute atomic E-state index is 13.6. The zero-order valence-corrected chi connectivity index (χ0v) is 19.0. The molecule has 7 nitrogen and oxygen atoms in total. The highest BCUT2D eigenvalue weighted by Gasteiger charge is 2.16. The number of nitriles is 1. The maximum atomic E-state index is 13.6. The van der Waals surface area contributed by atoms with Gasteiger partial charge in [-0.1, -0.05) is 18.0 Å². The van der Waals surface area contributed by atoms with Crippen molar-refractivity contribution in [3.63, 3.8) is 0 Å². The van der Waals surface area contributed by atoms with E-state index in [0.29, 0.717) is 53.3 Å². The summed E-state index contributed by atoms with van der Waals surface area (Å²) in [6.07, 6.45) is 4.29. The van der Waals surface area contributed by atoms with Gasteiger partial charge in [0.25, 0.3) is 0 Å². The number of unbranched alkanes of at least 4 members (excludes halogenated alkanes) is 2. The van der Waals surface area contributed by atoms with Crippen molar-refractivity contribution in [2.45, 2.75) is 32.6 Å². The number of carbonyl (C=O) groups excluding carboxylic acids is 1. The minimum Gasteiger partial charge on any atom is -0.492 e. The third-order valence-corrected chi connectivity index (χ3v) is 5.25. The number of pyridine rings is 1. The number of amides is 1. The molecule has 0 fully saturated rings. The molecule has 33 heavy (non-hydrogen) atoms. The highest BCUT2D eigenvalue weighted by atomic mass is 35.5. The number of benzene rings is 2. The fourth-order valence-corrected chi connectivity index (χ4v) is 3.53. The molecule has 1 aromatic heterocycles. The summed E-state index contributed by atoms with van der Waals surface area (Å²) in [4.78, 5) is 16.9. The van der Waals surface area contributed by atoms with Crippen LogP contribution < -0.4 is 21.1 Å². The largest absolute Gasteiger partial charge is 0.492 e. The van der Waals surface area contributed by atoms with Crippen molar-refractivity contribution in [1.82, 2.24) is 4.98 Å². The van der Waals surface area contributed by atoms with Crippen molar-refractivity contribution in [2.24, 2.45) is 5.73 Å². The summed E-state index contributed by atoms with van der Waals surface area (Å²) in [6, 6.07) is 9.74. The van der Waals surface area contributed by atoms with Crippen LogP contribution in [0.3, 0.4) is 0 Å². The summed E-state index contributed by atoms with van der Waals surface area (Å²) >= 11 is 5.91. The summed E-state index contributed by atoms with van der Waals surface area (Å²) in [5.41, 5.74) is 7.80. The van der Waals surface area contributed by atoms with Gasteiger partial charge >= 0.3 is 0 Å². The van der Waals surface area contributed by atoms with E-state index in [1.807, 2.05) is 6.92 Å². The molecule has 1 amide bonds. The lowest BCUT2D eigenvalue weighted by atomic mass is 10.1. The number of nitrogens with zero attached hydrogens (tertiary/aromatic N) is 2. The number of hydrogen-bond donors (Lipinski definition) is 3. The topological polar surface area (TPSA) is 113 Å². The summed E-state index contributed by atoms with van der Waals surface area (Å²) in [6.45, 7) is 2.85. The van der Waals surface area contributed by atoms with E-state index in [1.165, 1.54) is 24.4 Å². The van der Waals surface area contributed by atoms with Crippen LogP contribution in [0.5, 0.6) is 5.75 Å². The maximum Gasteiger partial charge on any atom is 0.224 e. The van der Waals surface area contributed by atoms with Crippen molar-refractivity contribution < 1.29 is 13.9 Å².